The van der Waals surface area contributed by atoms with Crippen molar-refractivity contribution in [3.05, 3.63) is 36.0 Å². The van der Waals surface area contributed by atoms with Gasteiger partial charge in [-0.05, 0) is 18.1 Å². The Balaban J connectivity index is 1.96. The number of aliphatic carboxylic acids is 1. The fourth-order valence-corrected chi connectivity index (χ4v) is 2.63. The summed E-state index contributed by atoms with van der Waals surface area (Å²) in [4.78, 5) is 23.1. The lowest BCUT2D eigenvalue weighted by molar-refractivity contribution is -0.142. The monoisotopic (exact) mass is 318 g/mol. The zero-order chi connectivity index (χ0) is 16.8. The van der Waals surface area contributed by atoms with Crippen LogP contribution in [0, 0.1) is 0 Å². The number of benzene rings is 1. The topological polar surface area (TPSA) is 80.6 Å². The number of fused-ring (bicyclic) bond motifs is 1. The molecular formula is C17H22N2O4. The first kappa shape index (κ1) is 17.0. The summed E-state index contributed by atoms with van der Waals surface area (Å²) >= 11 is 0. The van der Waals surface area contributed by atoms with Crippen LogP contribution < -0.4 is 5.32 Å². The number of carboxylic acid groups (broad SMARTS) is 1. The SMILES string of the molecule is COCCC(NC(=O)CCc1cn(C)c2ccccc12)C(=O)O. The molecule has 23 heavy (non-hydrogen) atoms. The number of carbonyl (C=O) groups excluding carboxylic acids is 1. The first-order chi connectivity index (χ1) is 11.0. The summed E-state index contributed by atoms with van der Waals surface area (Å²) in [5.74, 6) is -1.30. The zero-order valence-electron chi connectivity index (χ0n) is 13.4. The van der Waals surface area contributed by atoms with Crippen molar-refractivity contribution in [3.63, 3.8) is 0 Å². The molecule has 0 saturated carbocycles. The number of ether oxygens (including phenoxy) is 1. The van der Waals surface area contributed by atoms with Crippen molar-refractivity contribution in [2.45, 2.75) is 25.3 Å². The van der Waals surface area contributed by atoms with Crippen molar-refractivity contribution < 1.29 is 19.4 Å². The van der Waals surface area contributed by atoms with Gasteiger partial charge in [0.25, 0.3) is 0 Å². The van der Waals surface area contributed by atoms with Crippen LogP contribution in [0.25, 0.3) is 10.9 Å². The molecule has 6 nitrogen and oxygen atoms in total. The Morgan fingerprint density at radius 2 is 2.09 bits per heavy atom. The zero-order valence-corrected chi connectivity index (χ0v) is 13.4. The Hall–Kier alpha value is -2.34. The van der Waals surface area contributed by atoms with Gasteiger partial charge in [-0.25, -0.2) is 4.79 Å². The maximum absolute atomic E-state index is 12.0. The molecule has 0 bridgehead atoms. The lowest BCUT2D eigenvalue weighted by Gasteiger charge is -2.13. The number of amides is 1. The number of hydrogen-bond donors (Lipinski definition) is 2. The molecule has 0 radical (unpaired) electrons. The molecule has 0 aliphatic rings. The van der Waals surface area contributed by atoms with Crippen molar-refractivity contribution in [3.8, 4) is 0 Å². The second kappa shape index (κ2) is 7.78. The van der Waals surface area contributed by atoms with E-state index in [4.69, 9.17) is 9.84 Å². The van der Waals surface area contributed by atoms with Gasteiger partial charge >= 0.3 is 5.97 Å². The molecule has 0 spiro atoms. The van der Waals surface area contributed by atoms with E-state index < -0.39 is 12.0 Å². The van der Waals surface area contributed by atoms with E-state index in [0.717, 1.165) is 16.5 Å². The van der Waals surface area contributed by atoms with E-state index in [-0.39, 0.29) is 18.7 Å². The van der Waals surface area contributed by atoms with Gasteiger partial charge in [-0.1, -0.05) is 18.2 Å². The van der Waals surface area contributed by atoms with E-state index in [1.54, 1.807) is 0 Å². The minimum Gasteiger partial charge on any atom is -0.480 e. The lowest BCUT2D eigenvalue weighted by atomic mass is 10.1. The van der Waals surface area contributed by atoms with Gasteiger partial charge in [0.15, 0.2) is 0 Å². The van der Waals surface area contributed by atoms with Gasteiger partial charge in [-0.2, -0.15) is 0 Å². The molecule has 2 N–H and O–H groups in total. The van der Waals surface area contributed by atoms with Crippen LogP contribution in [0.5, 0.6) is 0 Å². The molecule has 2 aromatic rings. The molecule has 124 valence electrons. The Labute approximate surface area is 135 Å². The highest BCUT2D eigenvalue weighted by Gasteiger charge is 2.19. The third-order valence-corrected chi connectivity index (χ3v) is 3.84. The second-order valence-corrected chi connectivity index (χ2v) is 5.52. The van der Waals surface area contributed by atoms with Crippen LogP contribution in [0.4, 0.5) is 0 Å². The van der Waals surface area contributed by atoms with Crippen molar-refractivity contribution in [1.29, 1.82) is 0 Å². The Morgan fingerprint density at radius 1 is 1.35 bits per heavy atom. The molecule has 0 aliphatic carbocycles. The highest BCUT2D eigenvalue weighted by molar-refractivity contribution is 5.86. The summed E-state index contributed by atoms with van der Waals surface area (Å²) in [5, 5.41) is 12.8. The molecule has 6 heteroatoms. The minimum absolute atomic E-state index is 0.255. The normalized spacial score (nSPS) is 12.3. The van der Waals surface area contributed by atoms with Gasteiger partial charge < -0.3 is 19.7 Å². The maximum Gasteiger partial charge on any atom is 0.326 e. The van der Waals surface area contributed by atoms with Gasteiger partial charge in [-0.3, -0.25) is 4.79 Å². The number of nitrogens with one attached hydrogen (secondary N) is 1. The summed E-state index contributed by atoms with van der Waals surface area (Å²) in [5.41, 5.74) is 2.20. The first-order valence-corrected chi connectivity index (χ1v) is 7.57. The molecule has 0 saturated heterocycles. The van der Waals surface area contributed by atoms with Crippen LogP contribution in [0.3, 0.4) is 0 Å². The van der Waals surface area contributed by atoms with E-state index in [0.29, 0.717) is 13.0 Å². The van der Waals surface area contributed by atoms with Gasteiger partial charge in [0, 0.05) is 50.7 Å². The van der Waals surface area contributed by atoms with Crippen LogP contribution in [0.2, 0.25) is 0 Å². The minimum atomic E-state index is -1.04. The summed E-state index contributed by atoms with van der Waals surface area (Å²) in [6.45, 7) is 0.292. The molecule has 1 unspecified atom stereocenters. The predicted octanol–water partition coefficient (Wildman–Crippen LogP) is 1.72. The predicted molar refractivity (Wildman–Crippen MR) is 87.3 cm³/mol. The highest BCUT2D eigenvalue weighted by atomic mass is 16.5. The van der Waals surface area contributed by atoms with Crippen molar-refractivity contribution in [2.75, 3.05) is 13.7 Å². The molecule has 0 aliphatic heterocycles. The van der Waals surface area contributed by atoms with E-state index in [1.807, 2.05) is 42.1 Å². The van der Waals surface area contributed by atoms with Gasteiger partial charge in [0.05, 0.1) is 0 Å². The van der Waals surface area contributed by atoms with Crippen molar-refractivity contribution in [2.24, 2.45) is 7.05 Å². The third kappa shape index (κ3) is 4.32. The quantitative estimate of drug-likeness (QED) is 0.776. The Bertz CT molecular complexity index is 693. The van der Waals surface area contributed by atoms with E-state index in [2.05, 4.69) is 5.32 Å². The molecule has 1 aromatic carbocycles. The molecule has 1 heterocycles. The number of para-hydroxylation sites is 1. The number of methoxy groups -OCH3 is 1. The average molecular weight is 318 g/mol. The number of rotatable bonds is 8. The summed E-state index contributed by atoms with van der Waals surface area (Å²) in [7, 11) is 3.47. The number of carboxylic acids is 1. The van der Waals surface area contributed by atoms with E-state index in [9.17, 15) is 9.59 Å². The van der Waals surface area contributed by atoms with Gasteiger partial charge in [0.1, 0.15) is 6.04 Å². The molecule has 1 atom stereocenters. The number of nitrogens with zero attached hydrogens (tertiary/aromatic N) is 1. The van der Waals surface area contributed by atoms with E-state index >= 15 is 0 Å². The number of carbonyl (C=O) groups is 2. The van der Waals surface area contributed by atoms with Crippen LogP contribution in [-0.2, 0) is 27.8 Å². The van der Waals surface area contributed by atoms with Crippen LogP contribution in [0.1, 0.15) is 18.4 Å². The summed E-state index contributed by atoms with van der Waals surface area (Å²) in [6, 6.07) is 7.10. The fraction of sp³-hybridized carbons (Fsp3) is 0.412. The highest BCUT2D eigenvalue weighted by Crippen LogP contribution is 2.21. The number of hydrogen-bond acceptors (Lipinski definition) is 3. The molecule has 0 fully saturated rings. The second-order valence-electron chi connectivity index (χ2n) is 5.52. The van der Waals surface area contributed by atoms with Gasteiger partial charge in [0.2, 0.25) is 5.91 Å². The van der Waals surface area contributed by atoms with E-state index in [1.165, 1.54) is 7.11 Å². The number of aryl methyl sites for hydroxylation is 2. The Kier molecular flexibility index (Phi) is 5.76. The van der Waals surface area contributed by atoms with Crippen molar-refractivity contribution >= 4 is 22.8 Å². The first-order valence-electron chi connectivity index (χ1n) is 7.57. The standard InChI is InChI=1S/C17H22N2O4/c1-19-11-12(13-5-3-4-6-15(13)19)7-8-16(20)18-14(17(21)22)9-10-23-2/h3-6,11,14H,7-10H2,1-2H3,(H,18,20)(H,21,22). The maximum atomic E-state index is 12.0. The molecular weight excluding hydrogens is 296 g/mol. The van der Waals surface area contributed by atoms with Crippen LogP contribution in [0.15, 0.2) is 30.5 Å². The smallest absolute Gasteiger partial charge is 0.326 e. The lowest BCUT2D eigenvalue weighted by Crippen LogP contribution is -2.41. The molecule has 2 rings (SSSR count). The van der Waals surface area contributed by atoms with Crippen LogP contribution in [-0.4, -0.2) is 41.3 Å². The average Bonchev–Trinajstić information content (AvgIpc) is 2.86. The fourth-order valence-electron chi connectivity index (χ4n) is 2.63. The summed E-state index contributed by atoms with van der Waals surface area (Å²) in [6.07, 6.45) is 3.10. The van der Waals surface area contributed by atoms with Gasteiger partial charge in [-0.15, -0.1) is 0 Å². The van der Waals surface area contributed by atoms with Crippen LogP contribution >= 0.6 is 0 Å². The van der Waals surface area contributed by atoms with Crippen molar-refractivity contribution in [1.82, 2.24) is 9.88 Å². The molecule has 1 amide bonds. The molecule has 1 aromatic heterocycles. The summed E-state index contributed by atoms with van der Waals surface area (Å²) < 4.78 is 6.90. The number of aromatic nitrogens is 1. The Morgan fingerprint density at radius 3 is 2.78 bits per heavy atom. The largest absolute Gasteiger partial charge is 0.480 e. The third-order valence-electron chi connectivity index (χ3n) is 3.84.